The van der Waals surface area contributed by atoms with E-state index in [-0.39, 0.29) is 5.69 Å². The minimum Gasteiger partial charge on any atom is -0.477 e. The molecule has 114 valence electrons. The number of aromatic carboxylic acids is 1. The van der Waals surface area contributed by atoms with Crippen LogP contribution in [0.5, 0.6) is 0 Å². The average Bonchev–Trinajstić information content (AvgIpc) is 2.87. The van der Waals surface area contributed by atoms with Crippen LogP contribution in [0.2, 0.25) is 0 Å². The number of halogens is 1. The van der Waals surface area contributed by atoms with Gasteiger partial charge in [0.15, 0.2) is 5.82 Å². The summed E-state index contributed by atoms with van der Waals surface area (Å²) in [6.07, 6.45) is 0.899. The van der Waals surface area contributed by atoms with Gasteiger partial charge in [0.05, 0.1) is 16.7 Å². The van der Waals surface area contributed by atoms with Crippen molar-refractivity contribution in [3.05, 3.63) is 33.6 Å². The Balaban J connectivity index is 2.39. The van der Waals surface area contributed by atoms with Crippen molar-refractivity contribution in [3.8, 4) is 0 Å². The molecular formula is C14H17FN2O4. The second kappa shape index (κ2) is 5.67. The predicted molar refractivity (Wildman–Crippen MR) is 75.2 cm³/mol. The SMILES string of the molecule is CC(C)C1CCN(c2cc(C(=O)O)c([N+](=O)[O-])cc2F)C1. The Morgan fingerprint density at radius 1 is 1.52 bits per heavy atom. The molecular weight excluding hydrogens is 279 g/mol. The molecule has 7 heteroatoms. The van der Waals surface area contributed by atoms with Crippen LogP contribution in [0.25, 0.3) is 0 Å². The van der Waals surface area contributed by atoms with Crippen molar-refractivity contribution in [2.45, 2.75) is 20.3 Å². The van der Waals surface area contributed by atoms with Crippen LogP contribution in [0.15, 0.2) is 12.1 Å². The molecule has 1 heterocycles. The van der Waals surface area contributed by atoms with Crippen molar-refractivity contribution in [1.29, 1.82) is 0 Å². The van der Waals surface area contributed by atoms with E-state index in [0.717, 1.165) is 12.5 Å². The zero-order valence-electron chi connectivity index (χ0n) is 11.9. The molecule has 1 N–H and O–H groups in total. The Labute approximate surface area is 121 Å². The third kappa shape index (κ3) is 2.96. The van der Waals surface area contributed by atoms with Gasteiger partial charge in [0, 0.05) is 13.1 Å². The van der Waals surface area contributed by atoms with Crippen LogP contribution in [-0.4, -0.2) is 29.1 Å². The molecule has 21 heavy (non-hydrogen) atoms. The molecule has 1 aliphatic heterocycles. The minimum absolute atomic E-state index is 0.126. The lowest BCUT2D eigenvalue weighted by atomic mass is 9.95. The van der Waals surface area contributed by atoms with Gasteiger partial charge in [0.25, 0.3) is 5.69 Å². The number of nitro groups is 1. The van der Waals surface area contributed by atoms with Gasteiger partial charge in [-0.2, -0.15) is 0 Å². The maximum absolute atomic E-state index is 14.1. The van der Waals surface area contributed by atoms with Gasteiger partial charge in [-0.3, -0.25) is 10.1 Å². The van der Waals surface area contributed by atoms with Gasteiger partial charge >= 0.3 is 5.97 Å². The summed E-state index contributed by atoms with van der Waals surface area (Å²) in [5.74, 6) is -1.32. The summed E-state index contributed by atoms with van der Waals surface area (Å²) in [7, 11) is 0. The lowest BCUT2D eigenvalue weighted by Crippen LogP contribution is -2.23. The predicted octanol–water partition coefficient (Wildman–Crippen LogP) is 2.91. The summed E-state index contributed by atoms with van der Waals surface area (Å²) in [6, 6.07) is 1.76. The van der Waals surface area contributed by atoms with Crippen molar-refractivity contribution in [2.24, 2.45) is 11.8 Å². The molecule has 0 aliphatic carbocycles. The fraction of sp³-hybridized carbons (Fsp3) is 0.500. The van der Waals surface area contributed by atoms with Crippen LogP contribution in [0, 0.1) is 27.8 Å². The first-order chi connectivity index (χ1) is 9.81. The number of carbonyl (C=O) groups is 1. The topological polar surface area (TPSA) is 83.7 Å². The Morgan fingerprint density at radius 3 is 2.67 bits per heavy atom. The minimum atomic E-state index is -1.43. The molecule has 1 aromatic rings. The fourth-order valence-corrected chi connectivity index (χ4v) is 2.67. The van der Waals surface area contributed by atoms with Crippen LogP contribution in [0.3, 0.4) is 0 Å². The normalized spacial score (nSPS) is 18.3. The third-order valence-electron chi connectivity index (χ3n) is 4.00. The molecule has 6 nitrogen and oxygen atoms in total. The summed E-state index contributed by atoms with van der Waals surface area (Å²) < 4.78 is 14.1. The first-order valence-electron chi connectivity index (χ1n) is 6.77. The van der Waals surface area contributed by atoms with Gasteiger partial charge in [0.1, 0.15) is 5.56 Å². The quantitative estimate of drug-likeness (QED) is 0.682. The highest BCUT2D eigenvalue weighted by molar-refractivity contribution is 5.93. The molecule has 1 atom stereocenters. The van der Waals surface area contributed by atoms with Crippen LogP contribution >= 0.6 is 0 Å². The van der Waals surface area contributed by atoms with E-state index in [4.69, 9.17) is 5.11 Å². The zero-order valence-corrected chi connectivity index (χ0v) is 11.9. The molecule has 0 bridgehead atoms. The maximum Gasteiger partial charge on any atom is 0.342 e. The van der Waals surface area contributed by atoms with Crippen molar-refractivity contribution in [3.63, 3.8) is 0 Å². The third-order valence-corrected chi connectivity index (χ3v) is 4.00. The number of hydrogen-bond donors (Lipinski definition) is 1. The highest BCUT2D eigenvalue weighted by Crippen LogP contribution is 2.33. The Morgan fingerprint density at radius 2 is 2.19 bits per heavy atom. The number of anilines is 1. The van der Waals surface area contributed by atoms with Crippen molar-refractivity contribution in [1.82, 2.24) is 0 Å². The van der Waals surface area contributed by atoms with Crippen LogP contribution in [0.4, 0.5) is 15.8 Å². The largest absolute Gasteiger partial charge is 0.477 e. The Kier molecular flexibility index (Phi) is 4.11. The molecule has 1 fully saturated rings. The van der Waals surface area contributed by atoms with Gasteiger partial charge in [-0.25, -0.2) is 9.18 Å². The van der Waals surface area contributed by atoms with E-state index in [0.29, 0.717) is 31.0 Å². The lowest BCUT2D eigenvalue weighted by Gasteiger charge is -2.21. The summed E-state index contributed by atoms with van der Waals surface area (Å²) in [5, 5.41) is 19.9. The molecule has 0 radical (unpaired) electrons. The number of benzene rings is 1. The maximum atomic E-state index is 14.1. The van der Waals surface area contributed by atoms with E-state index in [1.54, 1.807) is 4.90 Å². The van der Waals surface area contributed by atoms with E-state index in [1.807, 2.05) is 0 Å². The van der Waals surface area contributed by atoms with Crippen LogP contribution in [-0.2, 0) is 0 Å². The molecule has 0 saturated carbocycles. The average molecular weight is 296 g/mol. The monoisotopic (exact) mass is 296 g/mol. The second-order valence-corrected chi connectivity index (χ2v) is 5.62. The van der Waals surface area contributed by atoms with Gasteiger partial charge in [0.2, 0.25) is 0 Å². The van der Waals surface area contributed by atoms with E-state index < -0.39 is 28.0 Å². The van der Waals surface area contributed by atoms with Crippen molar-refractivity contribution < 1.29 is 19.2 Å². The van der Waals surface area contributed by atoms with E-state index in [2.05, 4.69) is 13.8 Å². The van der Waals surface area contributed by atoms with E-state index in [9.17, 15) is 19.3 Å². The molecule has 1 saturated heterocycles. The zero-order chi connectivity index (χ0) is 15.7. The van der Waals surface area contributed by atoms with Crippen LogP contribution < -0.4 is 4.90 Å². The summed E-state index contributed by atoms with van der Waals surface area (Å²) >= 11 is 0. The molecule has 1 unspecified atom stereocenters. The summed E-state index contributed by atoms with van der Waals surface area (Å²) in [6.45, 7) is 5.42. The summed E-state index contributed by atoms with van der Waals surface area (Å²) in [5.41, 5.74) is -1.08. The molecule has 0 spiro atoms. The van der Waals surface area contributed by atoms with Gasteiger partial charge in [-0.05, 0) is 24.3 Å². The number of carboxylic acids is 1. The molecule has 0 aromatic heterocycles. The van der Waals surface area contributed by atoms with E-state index in [1.165, 1.54) is 0 Å². The fourth-order valence-electron chi connectivity index (χ4n) is 2.67. The van der Waals surface area contributed by atoms with Crippen molar-refractivity contribution >= 4 is 17.3 Å². The van der Waals surface area contributed by atoms with Crippen molar-refractivity contribution in [2.75, 3.05) is 18.0 Å². The standard InChI is InChI=1S/C14H17FN2O4/c1-8(2)9-3-4-16(7-9)13-5-10(14(18)19)12(17(20)21)6-11(13)15/h5-6,8-9H,3-4,7H2,1-2H3,(H,18,19). The molecule has 1 aliphatic rings. The number of nitrogens with zero attached hydrogens (tertiary/aromatic N) is 2. The molecule has 2 rings (SSSR count). The summed E-state index contributed by atoms with van der Waals surface area (Å²) in [4.78, 5) is 22.8. The van der Waals surface area contributed by atoms with Gasteiger partial charge in [-0.1, -0.05) is 13.8 Å². The highest BCUT2D eigenvalue weighted by Gasteiger charge is 2.30. The smallest absolute Gasteiger partial charge is 0.342 e. The highest BCUT2D eigenvalue weighted by atomic mass is 19.1. The molecule has 0 amide bonds. The van der Waals surface area contributed by atoms with Gasteiger partial charge < -0.3 is 10.0 Å². The molecule has 1 aromatic carbocycles. The van der Waals surface area contributed by atoms with Gasteiger partial charge in [-0.15, -0.1) is 0 Å². The van der Waals surface area contributed by atoms with E-state index >= 15 is 0 Å². The Bertz CT molecular complexity index is 589. The number of hydrogen-bond acceptors (Lipinski definition) is 4. The number of rotatable bonds is 4. The number of nitro benzene ring substituents is 1. The number of carboxylic acid groups (broad SMARTS) is 1. The second-order valence-electron chi connectivity index (χ2n) is 5.62. The lowest BCUT2D eigenvalue weighted by molar-refractivity contribution is -0.385. The first-order valence-corrected chi connectivity index (χ1v) is 6.77. The van der Waals surface area contributed by atoms with Crippen LogP contribution in [0.1, 0.15) is 30.6 Å². The first kappa shape index (κ1) is 15.2. The Hall–Kier alpha value is -2.18.